The van der Waals surface area contributed by atoms with E-state index in [0.717, 1.165) is 40.7 Å². The molecule has 2 heterocycles. The SMILES string of the molecule is Cn1nc(N)c2c(-c3ccc(NC(=O)Nc4ccc(Cl)cc4)cc3)cc(C3CC3)nc21. The molecule has 2 amide bonds. The molecule has 5 rings (SSSR count). The lowest BCUT2D eigenvalue weighted by Crippen LogP contribution is -2.19. The number of anilines is 3. The topological polar surface area (TPSA) is 97.9 Å². The lowest BCUT2D eigenvalue weighted by atomic mass is 10.0. The van der Waals surface area contributed by atoms with E-state index in [1.54, 1.807) is 28.9 Å². The van der Waals surface area contributed by atoms with E-state index >= 15 is 0 Å². The maximum atomic E-state index is 12.3. The maximum Gasteiger partial charge on any atom is 0.323 e. The maximum absolute atomic E-state index is 12.3. The highest BCUT2D eigenvalue weighted by Crippen LogP contribution is 2.42. The first-order chi connectivity index (χ1) is 15.0. The fourth-order valence-electron chi connectivity index (χ4n) is 3.67. The zero-order chi connectivity index (χ0) is 21.5. The average molecular weight is 433 g/mol. The summed E-state index contributed by atoms with van der Waals surface area (Å²) in [4.78, 5) is 17.1. The molecular weight excluding hydrogens is 412 g/mol. The van der Waals surface area contributed by atoms with Crippen LogP contribution in [-0.2, 0) is 7.05 Å². The molecule has 1 saturated carbocycles. The normalized spacial score (nSPS) is 13.4. The van der Waals surface area contributed by atoms with E-state index in [1.165, 1.54) is 0 Å². The number of nitrogens with two attached hydrogens (primary N) is 1. The Morgan fingerprint density at radius 2 is 1.68 bits per heavy atom. The number of carbonyl (C=O) groups is 1. The summed E-state index contributed by atoms with van der Waals surface area (Å²) >= 11 is 5.88. The van der Waals surface area contributed by atoms with Crippen molar-refractivity contribution in [3.63, 3.8) is 0 Å². The molecular formula is C23H21ClN6O. The van der Waals surface area contributed by atoms with E-state index in [-0.39, 0.29) is 6.03 Å². The molecule has 31 heavy (non-hydrogen) atoms. The van der Waals surface area contributed by atoms with Crippen LogP contribution in [0.3, 0.4) is 0 Å². The van der Waals surface area contributed by atoms with Gasteiger partial charge in [0.05, 0.1) is 5.39 Å². The van der Waals surface area contributed by atoms with Gasteiger partial charge in [0.2, 0.25) is 0 Å². The number of amides is 2. The van der Waals surface area contributed by atoms with Crippen LogP contribution in [0.2, 0.25) is 5.02 Å². The molecule has 0 saturated heterocycles. The molecule has 0 radical (unpaired) electrons. The Labute approximate surface area is 184 Å². The van der Waals surface area contributed by atoms with Gasteiger partial charge in [-0.25, -0.2) is 14.5 Å². The molecule has 8 heteroatoms. The summed E-state index contributed by atoms with van der Waals surface area (Å²) in [6.45, 7) is 0. The highest BCUT2D eigenvalue weighted by molar-refractivity contribution is 6.30. The number of carbonyl (C=O) groups excluding carboxylic acids is 1. The molecule has 0 bridgehead atoms. The Hall–Kier alpha value is -3.58. The van der Waals surface area contributed by atoms with Crippen molar-refractivity contribution in [2.24, 2.45) is 7.05 Å². The van der Waals surface area contributed by atoms with Crippen LogP contribution in [0.5, 0.6) is 0 Å². The van der Waals surface area contributed by atoms with Gasteiger partial charge < -0.3 is 16.4 Å². The second-order valence-corrected chi connectivity index (χ2v) is 8.18. The van der Waals surface area contributed by atoms with Crippen LogP contribution in [0.1, 0.15) is 24.5 Å². The summed E-state index contributed by atoms with van der Waals surface area (Å²) in [6, 6.07) is 16.4. The van der Waals surface area contributed by atoms with Gasteiger partial charge in [0.15, 0.2) is 11.5 Å². The summed E-state index contributed by atoms with van der Waals surface area (Å²) in [5.41, 5.74) is 11.4. The molecule has 2 aromatic heterocycles. The number of nitrogens with zero attached hydrogens (tertiary/aromatic N) is 3. The number of halogens is 1. The van der Waals surface area contributed by atoms with Gasteiger partial charge in [-0.3, -0.25) is 0 Å². The van der Waals surface area contributed by atoms with Crippen molar-refractivity contribution in [1.82, 2.24) is 14.8 Å². The van der Waals surface area contributed by atoms with Crippen molar-refractivity contribution < 1.29 is 4.79 Å². The number of aryl methyl sites for hydroxylation is 1. The summed E-state index contributed by atoms with van der Waals surface area (Å²) in [6.07, 6.45) is 2.33. The lowest BCUT2D eigenvalue weighted by molar-refractivity contribution is 0.262. The highest BCUT2D eigenvalue weighted by atomic mass is 35.5. The number of hydrogen-bond acceptors (Lipinski definition) is 4. The van der Waals surface area contributed by atoms with Crippen LogP contribution >= 0.6 is 11.6 Å². The molecule has 1 aliphatic rings. The first-order valence-electron chi connectivity index (χ1n) is 10.0. The molecule has 0 aliphatic heterocycles. The van der Waals surface area contributed by atoms with E-state index in [4.69, 9.17) is 22.3 Å². The quantitative estimate of drug-likeness (QED) is 0.402. The van der Waals surface area contributed by atoms with Gasteiger partial charge in [-0.1, -0.05) is 23.7 Å². The minimum absolute atomic E-state index is 0.325. The van der Waals surface area contributed by atoms with E-state index in [1.807, 2.05) is 31.3 Å². The predicted molar refractivity (Wildman–Crippen MR) is 124 cm³/mol. The van der Waals surface area contributed by atoms with Gasteiger partial charge in [-0.2, -0.15) is 5.10 Å². The van der Waals surface area contributed by atoms with Crippen LogP contribution in [-0.4, -0.2) is 20.8 Å². The van der Waals surface area contributed by atoms with Gasteiger partial charge in [0.25, 0.3) is 0 Å². The fourth-order valence-corrected chi connectivity index (χ4v) is 3.80. The monoisotopic (exact) mass is 432 g/mol. The van der Waals surface area contributed by atoms with Crippen molar-refractivity contribution in [1.29, 1.82) is 0 Å². The summed E-state index contributed by atoms with van der Waals surface area (Å²) in [5.74, 6) is 0.976. The van der Waals surface area contributed by atoms with Crippen LogP contribution in [0.4, 0.5) is 22.0 Å². The van der Waals surface area contributed by atoms with Crippen molar-refractivity contribution in [3.8, 4) is 11.1 Å². The zero-order valence-electron chi connectivity index (χ0n) is 16.9. The van der Waals surface area contributed by atoms with Crippen LogP contribution in [0, 0.1) is 0 Å². The van der Waals surface area contributed by atoms with Gasteiger partial charge in [0.1, 0.15) is 0 Å². The Bertz CT molecular complexity index is 1280. The Kier molecular flexibility index (Phi) is 4.75. The molecule has 0 unspecified atom stereocenters. The predicted octanol–water partition coefficient (Wildman–Crippen LogP) is 5.39. The number of hydrogen-bond donors (Lipinski definition) is 3. The number of aromatic nitrogens is 3. The number of nitrogen functional groups attached to an aromatic ring is 1. The first-order valence-corrected chi connectivity index (χ1v) is 10.4. The zero-order valence-corrected chi connectivity index (χ0v) is 17.6. The van der Waals surface area contributed by atoms with E-state index in [0.29, 0.717) is 28.1 Å². The van der Waals surface area contributed by atoms with Gasteiger partial charge >= 0.3 is 6.03 Å². The number of pyridine rings is 1. The third kappa shape index (κ3) is 3.92. The van der Waals surface area contributed by atoms with Crippen molar-refractivity contribution in [2.75, 3.05) is 16.4 Å². The number of rotatable bonds is 4. The van der Waals surface area contributed by atoms with Gasteiger partial charge in [0, 0.05) is 35.1 Å². The van der Waals surface area contributed by atoms with Crippen LogP contribution in [0.25, 0.3) is 22.2 Å². The molecule has 0 spiro atoms. The summed E-state index contributed by atoms with van der Waals surface area (Å²) in [5, 5.41) is 11.4. The average Bonchev–Trinajstić information content (AvgIpc) is 3.56. The molecule has 7 nitrogen and oxygen atoms in total. The number of benzene rings is 2. The lowest BCUT2D eigenvalue weighted by Gasteiger charge is -2.10. The van der Waals surface area contributed by atoms with E-state index < -0.39 is 0 Å². The summed E-state index contributed by atoms with van der Waals surface area (Å²) in [7, 11) is 1.86. The molecule has 0 atom stereocenters. The fraction of sp³-hybridized carbons (Fsp3) is 0.174. The standard InChI is InChI=1S/C23H21ClN6O/c1-30-22-20(21(25)29-30)18(12-19(28-22)14-2-3-14)13-4-8-16(9-5-13)26-23(31)27-17-10-6-15(24)7-11-17/h4-12,14H,2-3H2,1H3,(H2,25,29)(H2,26,27,31). The van der Waals surface area contributed by atoms with Crippen molar-refractivity contribution in [2.45, 2.75) is 18.8 Å². The highest BCUT2D eigenvalue weighted by Gasteiger charge is 2.27. The third-order valence-corrected chi connectivity index (χ3v) is 5.64. The van der Waals surface area contributed by atoms with Gasteiger partial charge in [-0.05, 0) is 66.4 Å². The van der Waals surface area contributed by atoms with Crippen LogP contribution < -0.4 is 16.4 Å². The Morgan fingerprint density at radius 3 is 2.29 bits per heavy atom. The molecule has 156 valence electrons. The number of nitrogens with one attached hydrogen (secondary N) is 2. The number of fused-ring (bicyclic) bond motifs is 1. The molecule has 4 aromatic rings. The smallest absolute Gasteiger partial charge is 0.323 e. The largest absolute Gasteiger partial charge is 0.382 e. The second-order valence-electron chi connectivity index (χ2n) is 7.74. The Balaban J connectivity index is 1.40. The molecule has 1 fully saturated rings. The molecule has 1 aliphatic carbocycles. The van der Waals surface area contributed by atoms with E-state index in [2.05, 4.69) is 21.8 Å². The van der Waals surface area contributed by atoms with E-state index in [9.17, 15) is 4.79 Å². The number of urea groups is 1. The van der Waals surface area contributed by atoms with Crippen LogP contribution in [0.15, 0.2) is 54.6 Å². The first kappa shape index (κ1) is 19.4. The Morgan fingerprint density at radius 1 is 1.06 bits per heavy atom. The van der Waals surface area contributed by atoms with Crippen molar-refractivity contribution >= 4 is 45.9 Å². The molecule has 2 aromatic carbocycles. The molecule has 4 N–H and O–H groups in total. The second kappa shape index (κ2) is 7.59. The summed E-state index contributed by atoms with van der Waals surface area (Å²) < 4.78 is 1.73. The minimum atomic E-state index is -0.325. The van der Waals surface area contributed by atoms with Gasteiger partial charge in [-0.15, -0.1) is 0 Å². The van der Waals surface area contributed by atoms with Crippen molar-refractivity contribution in [3.05, 3.63) is 65.3 Å². The minimum Gasteiger partial charge on any atom is -0.382 e. The third-order valence-electron chi connectivity index (χ3n) is 5.39.